The van der Waals surface area contributed by atoms with Gasteiger partial charge in [0, 0.05) is 45.4 Å². The maximum atomic E-state index is 11.6. The van der Waals surface area contributed by atoms with E-state index >= 15 is 0 Å². The van der Waals surface area contributed by atoms with Crippen molar-refractivity contribution in [3.05, 3.63) is 33.8 Å². The van der Waals surface area contributed by atoms with Crippen LogP contribution in [0.2, 0.25) is 10.0 Å². The van der Waals surface area contributed by atoms with Crippen molar-refractivity contribution in [3.8, 4) is 0 Å². The Kier molecular flexibility index (Phi) is 7.34. The molecule has 2 N–H and O–H groups in total. The van der Waals surface area contributed by atoms with Crippen molar-refractivity contribution in [1.82, 2.24) is 10.6 Å². The number of amides is 2. The number of nitrogens with one attached hydrogen (secondary N) is 2. The maximum Gasteiger partial charge on any atom is 0.315 e. The molecule has 4 nitrogen and oxygen atoms in total. The van der Waals surface area contributed by atoms with Gasteiger partial charge in [-0.25, -0.2) is 4.79 Å². The average Bonchev–Trinajstić information content (AvgIpc) is 2.32. The molecule has 1 rings (SSSR count). The molecule has 1 aromatic carbocycles. The summed E-state index contributed by atoms with van der Waals surface area (Å²) in [5.74, 6) is 0.449. The zero-order valence-corrected chi connectivity index (χ0v) is 13.7. The van der Waals surface area contributed by atoms with E-state index in [0.717, 1.165) is 5.56 Å². The van der Waals surface area contributed by atoms with Crippen LogP contribution < -0.4 is 10.6 Å². The van der Waals surface area contributed by atoms with E-state index < -0.39 is 10.8 Å². The van der Waals surface area contributed by atoms with Crippen LogP contribution in [0.25, 0.3) is 0 Å². The van der Waals surface area contributed by atoms with Gasteiger partial charge in [0.05, 0.1) is 0 Å². The van der Waals surface area contributed by atoms with Crippen molar-refractivity contribution >= 4 is 40.0 Å². The van der Waals surface area contributed by atoms with Crippen molar-refractivity contribution in [1.29, 1.82) is 0 Å². The highest BCUT2D eigenvalue weighted by Gasteiger charge is 2.10. The zero-order chi connectivity index (χ0) is 15.1. The van der Waals surface area contributed by atoms with Crippen molar-refractivity contribution in [3.63, 3.8) is 0 Å². The molecule has 0 unspecified atom stereocenters. The molecule has 0 radical (unpaired) electrons. The van der Waals surface area contributed by atoms with Gasteiger partial charge in [-0.15, -0.1) is 0 Å². The minimum Gasteiger partial charge on any atom is -0.337 e. The summed E-state index contributed by atoms with van der Waals surface area (Å²) in [5, 5.41) is 6.64. The molecular weight excluding hydrogens is 319 g/mol. The Hall–Kier alpha value is -0.780. The lowest BCUT2D eigenvalue weighted by Gasteiger charge is -2.15. The molecular formula is C13H18Cl2N2O2S. The van der Waals surface area contributed by atoms with Crippen LogP contribution in [0.4, 0.5) is 4.79 Å². The Labute approximate surface area is 131 Å². The van der Waals surface area contributed by atoms with Crippen LogP contribution in [-0.2, 0) is 17.2 Å². The molecule has 0 saturated heterocycles. The summed E-state index contributed by atoms with van der Waals surface area (Å²) in [6, 6.07) is 4.96. The monoisotopic (exact) mass is 336 g/mol. The highest BCUT2D eigenvalue weighted by Crippen LogP contribution is 2.21. The minimum atomic E-state index is -0.904. The van der Waals surface area contributed by atoms with Crippen molar-refractivity contribution < 1.29 is 9.00 Å². The Balaban J connectivity index is 2.41. The summed E-state index contributed by atoms with van der Waals surface area (Å²) in [7, 11) is -0.904. The molecule has 20 heavy (non-hydrogen) atoms. The molecule has 7 heteroatoms. The van der Waals surface area contributed by atoms with E-state index in [1.807, 2.05) is 13.0 Å². The van der Waals surface area contributed by atoms with Gasteiger partial charge in [-0.2, -0.15) is 0 Å². The smallest absolute Gasteiger partial charge is 0.315 e. The molecule has 0 spiro atoms. The minimum absolute atomic E-state index is 0.0687. The van der Waals surface area contributed by atoms with Crippen molar-refractivity contribution in [2.75, 3.05) is 18.6 Å². The molecule has 0 bridgehead atoms. The topological polar surface area (TPSA) is 58.2 Å². The summed E-state index contributed by atoms with van der Waals surface area (Å²) >= 11 is 11.9. The van der Waals surface area contributed by atoms with Gasteiger partial charge in [0.1, 0.15) is 0 Å². The highest BCUT2D eigenvalue weighted by atomic mass is 35.5. The summed E-state index contributed by atoms with van der Waals surface area (Å²) in [5.41, 5.74) is 0.929. The van der Waals surface area contributed by atoms with E-state index in [1.54, 1.807) is 18.4 Å². The second-order valence-electron chi connectivity index (χ2n) is 4.52. The van der Waals surface area contributed by atoms with Gasteiger partial charge in [0.15, 0.2) is 0 Å². The van der Waals surface area contributed by atoms with Gasteiger partial charge < -0.3 is 10.6 Å². The molecule has 0 heterocycles. The largest absolute Gasteiger partial charge is 0.337 e. The summed E-state index contributed by atoms with van der Waals surface area (Å²) in [6.07, 6.45) is 2.22. The first kappa shape index (κ1) is 17.3. The molecule has 0 aliphatic heterocycles. The van der Waals surface area contributed by atoms with Gasteiger partial charge in [-0.1, -0.05) is 29.3 Å². The van der Waals surface area contributed by atoms with Crippen LogP contribution in [0.3, 0.4) is 0 Å². The molecule has 1 aromatic rings. The SMILES string of the molecule is C[C@H](Cc1ccc(Cl)cc1Cl)NC(=O)NCC[S@](C)=O. The Bertz CT molecular complexity index is 497. The number of hydrogen-bond donors (Lipinski definition) is 2. The number of carbonyl (C=O) groups is 1. The average molecular weight is 337 g/mol. The van der Waals surface area contributed by atoms with Crippen molar-refractivity contribution in [2.24, 2.45) is 0 Å². The van der Waals surface area contributed by atoms with E-state index in [4.69, 9.17) is 23.2 Å². The molecule has 2 amide bonds. The van der Waals surface area contributed by atoms with Crippen molar-refractivity contribution in [2.45, 2.75) is 19.4 Å². The second-order valence-corrected chi connectivity index (χ2v) is 6.92. The Morgan fingerprint density at radius 2 is 2.10 bits per heavy atom. The van der Waals surface area contributed by atoms with Crippen LogP contribution >= 0.6 is 23.2 Å². The first-order chi connectivity index (χ1) is 9.38. The number of halogens is 2. The molecule has 0 fully saturated rings. The first-order valence-electron chi connectivity index (χ1n) is 6.17. The van der Waals surface area contributed by atoms with Crippen LogP contribution in [0, 0.1) is 0 Å². The standard InChI is InChI=1S/C13H18Cl2N2O2S/c1-9(17-13(18)16-5-6-20(2)19)7-10-3-4-11(14)8-12(10)15/h3-4,8-9H,5-7H2,1-2H3,(H2,16,17,18)/t9-,20+/m1/s1. The predicted octanol–water partition coefficient (Wildman–Crippen LogP) is 2.60. The fourth-order valence-corrected chi connectivity index (χ4v) is 2.53. The lowest BCUT2D eigenvalue weighted by Crippen LogP contribution is -2.42. The summed E-state index contributed by atoms with van der Waals surface area (Å²) in [4.78, 5) is 11.6. The van der Waals surface area contributed by atoms with E-state index in [0.29, 0.717) is 28.8 Å². The van der Waals surface area contributed by atoms with Gasteiger partial charge in [0.2, 0.25) is 0 Å². The Morgan fingerprint density at radius 1 is 1.40 bits per heavy atom. The van der Waals surface area contributed by atoms with Gasteiger partial charge in [-0.05, 0) is 31.0 Å². The second kappa shape index (κ2) is 8.49. The third-order valence-corrected chi connectivity index (χ3v) is 3.96. The fourth-order valence-electron chi connectivity index (χ4n) is 1.65. The van der Waals surface area contributed by atoms with E-state index in [2.05, 4.69) is 10.6 Å². The highest BCUT2D eigenvalue weighted by molar-refractivity contribution is 7.84. The van der Waals surface area contributed by atoms with E-state index in [-0.39, 0.29) is 12.1 Å². The van der Waals surface area contributed by atoms with Crippen LogP contribution in [0.15, 0.2) is 18.2 Å². The van der Waals surface area contributed by atoms with E-state index in [9.17, 15) is 9.00 Å². The first-order valence-corrected chi connectivity index (χ1v) is 8.65. The predicted molar refractivity (Wildman–Crippen MR) is 85.1 cm³/mol. The van der Waals surface area contributed by atoms with E-state index in [1.165, 1.54) is 0 Å². The van der Waals surface area contributed by atoms with Crippen LogP contribution in [0.1, 0.15) is 12.5 Å². The number of carbonyl (C=O) groups excluding carboxylic acids is 1. The molecule has 2 atom stereocenters. The third kappa shape index (κ3) is 6.59. The lowest BCUT2D eigenvalue weighted by molar-refractivity contribution is 0.238. The summed E-state index contributed by atoms with van der Waals surface area (Å²) < 4.78 is 10.9. The fraction of sp³-hybridized carbons (Fsp3) is 0.462. The number of urea groups is 1. The van der Waals surface area contributed by atoms with Gasteiger partial charge in [0.25, 0.3) is 0 Å². The van der Waals surface area contributed by atoms with Gasteiger partial charge >= 0.3 is 6.03 Å². The third-order valence-electron chi connectivity index (χ3n) is 2.59. The molecule has 0 saturated carbocycles. The quantitative estimate of drug-likeness (QED) is 0.838. The molecule has 112 valence electrons. The lowest BCUT2D eigenvalue weighted by atomic mass is 10.1. The van der Waals surface area contributed by atoms with Crippen LogP contribution in [-0.4, -0.2) is 34.8 Å². The normalized spacial score (nSPS) is 13.6. The maximum absolute atomic E-state index is 11.6. The Morgan fingerprint density at radius 3 is 2.70 bits per heavy atom. The molecule has 0 aliphatic rings. The summed E-state index contributed by atoms with van der Waals surface area (Å²) in [6.45, 7) is 2.28. The number of rotatable bonds is 6. The van der Waals surface area contributed by atoms with Crippen LogP contribution in [0.5, 0.6) is 0 Å². The molecule has 0 aromatic heterocycles. The molecule has 0 aliphatic carbocycles. The van der Waals surface area contributed by atoms with Gasteiger partial charge in [-0.3, -0.25) is 4.21 Å². The zero-order valence-electron chi connectivity index (χ0n) is 11.4. The number of benzene rings is 1. The number of hydrogen-bond acceptors (Lipinski definition) is 2.